The molecule has 2 aromatic heterocycles. The van der Waals surface area contributed by atoms with Crippen LogP contribution >= 0.6 is 11.3 Å². The van der Waals surface area contributed by atoms with Crippen molar-refractivity contribution in [1.82, 2.24) is 20.2 Å². The second kappa shape index (κ2) is 6.95. The van der Waals surface area contributed by atoms with Gasteiger partial charge in [0.2, 0.25) is 5.91 Å². The van der Waals surface area contributed by atoms with Crippen molar-refractivity contribution in [2.75, 3.05) is 6.54 Å². The predicted octanol–water partition coefficient (Wildman–Crippen LogP) is 1.89. The molecule has 1 aliphatic carbocycles. The summed E-state index contributed by atoms with van der Waals surface area (Å²) in [5, 5.41) is 5.71. The van der Waals surface area contributed by atoms with Gasteiger partial charge >= 0.3 is 0 Å². The molecule has 2 aromatic rings. The molecule has 1 saturated carbocycles. The Labute approximate surface area is 138 Å². The largest absolute Gasteiger partial charge is 0.350 e. The van der Waals surface area contributed by atoms with Gasteiger partial charge in [0.15, 0.2) is 0 Å². The predicted molar refractivity (Wildman–Crippen MR) is 88.4 cm³/mol. The zero-order valence-corrected chi connectivity index (χ0v) is 13.8. The van der Waals surface area contributed by atoms with Crippen LogP contribution in [0.4, 0.5) is 0 Å². The van der Waals surface area contributed by atoms with E-state index in [1.165, 1.54) is 11.3 Å². The van der Waals surface area contributed by atoms with E-state index < -0.39 is 0 Å². The molecule has 2 heterocycles. The zero-order chi connectivity index (χ0) is 16.2. The lowest BCUT2D eigenvalue weighted by atomic mass is 10.1. The maximum Gasteiger partial charge on any atom is 0.261 e. The number of imidazole rings is 1. The van der Waals surface area contributed by atoms with E-state index in [1.54, 1.807) is 18.6 Å². The molecule has 7 heteroatoms. The van der Waals surface area contributed by atoms with E-state index in [0.29, 0.717) is 4.88 Å². The molecule has 2 amide bonds. The third kappa shape index (κ3) is 3.79. The van der Waals surface area contributed by atoms with Gasteiger partial charge in [-0.2, -0.15) is 0 Å². The average Bonchev–Trinajstić information content (AvgIpc) is 3.25. The van der Waals surface area contributed by atoms with E-state index in [0.717, 1.165) is 24.1 Å². The van der Waals surface area contributed by atoms with Crippen LogP contribution in [0.25, 0.3) is 0 Å². The van der Waals surface area contributed by atoms with E-state index >= 15 is 0 Å². The molecule has 0 radical (unpaired) electrons. The van der Waals surface area contributed by atoms with Gasteiger partial charge in [-0.15, -0.1) is 11.3 Å². The molecular weight excluding hydrogens is 312 g/mol. The Balaban J connectivity index is 1.50. The SMILES string of the molecule is Cc1ccc(C(=O)NCC(=O)NC2CCCC2n2ccnc2)s1. The number of aromatic nitrogens is 2. The van der Waals surface area contributed by atoms with Gasteiger partial charge in [0, 0.05) is 23.3 Å². The van der Waals surface area contributed by atoms with Crippen LogP contribution < -0.4 is 10.6 Å². The normalized spacial score (nSPS) is 20.4. The summed E-state index contributed by atoms with van der Waals surface area (Å²) >= 11 is 1.43. The number of amides is 2. The number of rotatable bonds is 5. The molecule has 1 fully saturated rings. The Morgan fingerprint density at radius 1 is 1.39 bits per heavy atom. The Kier molecular flexibility index (Phi) is 4.76. The fourth-order valence-corrected chi connectivity index (χ4v) is 3.78. The zero-order valence-electron chi connectivity index (χ0n) is 13.0. The molecule has 0 aliphatic heterocycles. The van der Waals surface area contributed by atoms with Crippen LogP contribution in [0.15, 0.2) is 30.9 Å². The molecule has 3 rings (SSSR count). The highest BCUT2D eigenvalue weighted by Crippen LogP contribution is 2.29. The molecule has 2 atom stereocenters. The number of thiophene rings is 1. The van der Waals surface area contributed by atoms with Crippen LogP contribution in [-0.2, 0) is 4.79 Å². The summed E-state index contributed by atoms with van der Waals surface area (Å²) in [7, 11) is 0. The number of nitrogens with one attached hydrogen (secondary N) is 2. The highest BCUT2D eigenvalue weighted by atomic mass is 32.1. The number of nitrogens with zero attached hydrogens (tertiary/aromatic N) is 2. The number of carbonyl (C=O) groups excluding carboxylic acids is 2. The molecule has 0 saturated heterocycles. The van der Waals surface area contributed by atoms with Gasteiger partial charge in [-0.1, -0.05) is 0 Å². The van der Waals surface area contributed by atoms with Gasteiger partial charge in [-0.25, -0.2) is 4.98 Å². The molecule has 2 unspecified atom stereocenters. The van der Waals surface area contributed by atoms with Crippen molar-refractivity contribution in [2.45, 2.75) is 38.3 Å². The third-order valence-electron chi connectivity index (χ3n) is 4.11. The lowest BCUT2D eigenvalue weighted by Crippen LogP contribution is -2.43. The highest BCUT2D eigenvalue weighted by molar-refractivity contribution is 7.13. The van der Waals surface area contributed by atoms with Crippen molar-refractivity contribution >= 4 is 23.2 Å². The summed E-state index contributed by atoms with van der Waals surface area (Å²) in [5.41, 5.74) is 0. The van der Waals surface area contributed by atoms with Gasteiger partial charge in [-0.3, -0.25) is 9.59 Å². The lowest BCUT2D eigenvalue weighted by molar-refractivity contribution is -0.121. The van der Waals surface area contributed by atoms with Crippen molar-refractivity contribution in [3.63, 3.8) is 0 Å². The van der Waals surface area contributed by atoms with Crippen LogP contribution in [0.2, 0.25) is 0 Å². The minimum Gasteiger partial charge on any atom is -0.350 e. The number of hydrogen-bond donors (Lipinski definition) is 2. The minimum absolute atomic E-state index is 0.00291. The molecule has 2 N–H and O–H groups in total. The van der Waals surface area contributed by atoms with Crippen LogP contribution in [0, 0.1) is 6.92 Å². The van der Waals surface area contributed by atoms with Gasteiger partial charge in [0.05, 0.1) is 23.8 Å². The second-order valence-electron chi connectivity index (χ2n) is 5.78. The fourth-order valence-electron chi connectivity index (χ4n) is 2.99. The molecular formula is C16H20N4O2S. The summed E-state index contributed by atoms with van der Waals surface area (Å²) < 4.78 is 2.05. The van der Waals surface area contributed by atoms with Gasteiger partial charge < -0.3 is 15.2 Å². The van der Waals surface area contributed by atoms with Crippen molar-refractivity contribution in [3.05, 3.63) is 40.6 Å². The Bertz CT molecular complexity index is 680. The number of aryl methyl sites for hydroxylation is 1. The third-order valence-corrected chi connectivity index (χ3v) is 5.11. The summed E-state index contributed by atoms with van der Waals surface area (Å²) in [6.45, 7) is 1.95. The van der Waals surface area contributed by atoms with E-state index in [9.17, 15) is 9.59 Å². The number of hydrogen-bond acceptors (Lipinski definition) is 4. The van der Waals surface area contributed by atoms with Crippen LogP contribution in [0.5, 0.6) is 0 Å². The van der Waals surface area contributed by atoms with E-state index in [-0.39, 0.29) is 30.4 Å². The Morgan fingerprint density at radius 2 is 2.26 bits per heavy atom. The molecule has 122 valence electrons. The summed E-state index contributed by atoms with van der Waals surface area (Å²) in [6.07, 6.45) is 8.52. The summed E-state index contributed by atoms with van der Waals surface area (Å²) in [4.78, 5) is 29.8. The van der Waals surface area contributed by atoms with Crippen LogP contribution in [0.3, 0.4) is 0 Å². The van der Waals surface area contributed by atoms with Gasteiger partial charge in [0.1, 0.15) is 0 Å². The monoisotopic (exact) mass is 332 g/mol. The van der Waals surface area contributed by atoms with E-state index in [4.69, 9.17) is 0 Å². The molecule has 0 aromatic carbocycles. The average molecular weight is 332 g/mol. The quantitative estimate of drug-likeness (QED) is 0.878. The molecule has 0 bridgehead atoms. The molecule has 0 spiro atoms. The second-order valence-corrected chi connectivity index (χ2v) is 7.06. The van der Waals surface area contributed by atoms with Crippen molar-refractivity contribution in [3.8, 4) is 0 Å². The van der Waals surface area contributed by atoms with E-state index in [1.807, 2.05) is 23.8 Å². The Morgan fingerprint density at radius 3 is 2.96 bits per heavy atom. The number of carbonyl (C=O) groups is 2. The molecule has 1 aliphatic rings. The Hall–Kier alpha value is -2.15. The van der Waals surface area contributed by atoms with Crippen LogP contribution in [0.1, 0.15) is 39.9 Å². The maximum atomic E-state index is 12.1. The van der Waals surface area contributed by atoms with Crippen molar-refractivity contribution in [1.29, 1.82) is 0 Å². The fraction of sp³-hybridized carbons (Fsp3) is 0.438. The topological polar surface area (TPSA) is 76.0 Å². The van der Waals surface area contributed by atoms with Gasteiger partial charge in [-0.05, 0) is 38.3 Å². The first-order valence-electron chi connectivity index (χ1n) is 7.75. The highest BCUT2D eigenvalue weighted by Gasteiger charge is 2.29. The van der Waals surface area contributed by atoms with E-state index in [2.05, 4.69) is 15.6 Å². The molecule has 23 heavy (non-hydrogen) atoms. The van der Waals surface area contributed by atoms with Gasteiger partial charge in [0.25, 0.3) is 5.91 Å². The summed E-state index contributed by atoms with van der Waals surface area (Å²) in [6, 6.07) is 4.02. The summed E-state index contributed by atoms with van der Waals surface area (Å²) in [5.74, 6) is -0.348. The first-order valence-corrected chi connectivity index (χ1v) is 8.56. The van der Waals surface area contributed by atoms with Crippen molar-refractivity contribution in [2.24, 2.45) is 0 Å². The molecule has 6 nitrogen and oxygen atoms in total. The van der Waals surface area contributed by atoms with Crippen molar-refractivity contribution < 1.29 is 9.59 Å². The smallest absolute Gasteiger partial charge is 0.261 e. The first-order chi connectivity index (χ1) is 11.1. The maximum absolute atomic E-state index is 12.1. The minimum atomic E-state index is -0.198. The lowest BCUT2D eigenvalue weighted by Gasteiger charge is -2.22. The standard InChI is InChI=1S/C16H20N4O2S/c1-11-5-6-14(23-11)16(22)18-9-15(21)19-12-3-2-4-13(12)20-8-7-17-10-20/h5-8,10,12-13H,2-4,9H2,1H3,(H,18,22)(H,19,21). The van der Waals surface area contributed by atoms with Crippen LogP contribution in [-0.4, -0.2) is 34.0 Å². The first kappa shape index (κ1) is 15.7.